The van der Waals surface area contributed by atoms with E-state index in [0.717, 1.165) is 22.1 Å². The molecule has 2 rings (SSSR count). The summed E-state index contributed by atoms with van der Waals surface area (Å²) >= 11 is 1.27. The SMILES string of the molecule is Cc1cc(NC(=O)N(C)Cc2cnc(C(C)C)nc2)sn1. The summed E-state index contributed by atoms with van der Waals surface area (Å²) < 4.78 is 4.13. The Labute approximate surface area is 128 Å². The minimum atomic E-state index is -0.174. The number of carbonyl (C=O) groups excluding carboxylic acids is 1. The van der Waals surface area contributed by atoms with Gasteiger partial charge in [-0.2, -0.15) is 4.37 Å². The molecule has 0 aliphatic heterocycles. The molecule has 2 aromatic heterocycles. The van der Waals surface area contributed by atoms with Crippen LogP contribution < -0.4 is 5.32 Å². The Hall–Kier alpha value is -2.02. The summed E-state index contributed by atoms with van der Waals surface area (Å²) in [7, 11) is 1.74. The second-order valence-electron chi connectivity index (χ2n) is 5.22. The van der Waals surface area contributed by atoms with Crippen LogP contribution in [0.25, 0.3) is 0 Å². The summed E-state index contributed by atoms with van der Waals surface area (Å²) in [5.41, 5.74) is 1.80. The summed E-state index contributed by atoms with van der Waals surface area (Å²) in [5.74, 6) is 1.11. The standard InChI is InChI=1S/C14H19N5OS/c1-9(2)13-15-6-11(7-16-13)8-19(4)14(20)17-12-5-10(3)18-21-12/h5-7,9H,8H2,1-4H3,(H,17,20). The second kappa shape index (κ2) is 6.62. The van der Waals surface area contributed by atoms with E-state index in [-0.39, 0.29) is 6.03 Å². The van der Waals surface area contributed by atoms with E-state index >= 15 is 0 Å². The molecule has 0 aromatic carbocycles. The molecule has 0 saturated carbocycles. The van der Waals surface area contributed by atoms with Crippen LogP contribution in [-0.4, -0.2) is 32.3 Å². The molecular formula is C14H19N5OS. The molecule has 0 spiro atoms. The molecule has 0 aliphatic carbocycles. The number of rotatable bonds is 4. The highest BCUT2D eigenvalue weighted by Crippen LogP contribution is 2.16. The largest absolute Gasteiger partial charge is 0.323 e. The Morgan fingerprint density at radius 3 is 2.57 bits per heavy atom. The van der Waals surface area contributed by atoms with Gasteiger partial charge in [-0.05, 0) is 24.5 Å². The van der Waals surface area contributed by atoms with Crippen molar-refractivity contribution in [3.8, 4) is 0 Å². The van der Waals surface area contributed by atoms with E-state index in [1.165, 1.54) is 11.5 Å². The van der Waals surface area contributed by atoms with E-state index in [2.05, 4.69) is 19.7 Å². The maximum atomic E-state index is 12.1. The fourth-order valence-electron chi connectivity index (χ4n) is 1.71. The third-order valence-electron chi connectivity index (χ3n) is 2.87. The molecule has 0 aliphatic rings. The van der Waals surface area contributed by atoms with Crippen molar-refractivity contribution in [1.29, 1.82) is 0 Å². The third-order valence-corrected chi connectivity index (χ3v) is 3.66. The number of hydrogen-bond acceptors (Lipinski definition) is 5. The topological polar surface area (TPSA) is 71.0 Å². The Bertz CT molecular complexity index is 608. The minimum Gasteiger partial charge on any atom is -0.323 e. The number of nitrogens with one attached hydrogen (secondary N) is 1. The molecule has 2 heterocycles. The van der Waals surface area contributed by atoms with Gasteiger partial charge in [0, 0.05) is 30.9 Å². The van der Waals surface area contributed by atoms with E-state index in [0.29, 0.717) is 12.5 Å². The van der Waals surface area contributed by atoms with Gasteiger partial charge in [-0.3, -0.25) is 5.32 Å². The van der Waals surface area contributed by atoms with Crippen LogP contribution in [0, 0.1) is 6.92 Å². The Morgan fingerprint density at radius 2 is 2.05 bits per heavy atom. The first-order valence-corrected chi connectivity index (χ1v) is 7.49. The lowest BCUT2D eigenvalue weighted by atomic mass is 10.2. The van der Waals surface area contributed by atoms with E-state index in [9.17, 15) is 4.79 Å². The molecule has 0 radical (unpaired) electrons. The molecule has 6 nitrogen and oxygen atoms in total. The van der Waals surface area contributed by atoms with Crippen molar-refractivity contribution in [2.75, 3.05) is 12.4 Å². The molecule has 0 atom stereocenters. The summed E-state index contributed by atoms with van der Waals surface area (Å²) in [6.07, 6.45) is 3.53. The molecule has 21 heavy (non-hydrogen) atoms. The van der Waals surface area contributed by atoms with Gasteiger partial charge in [0.05, 0.1) is 12.2 Å². The molecule has 7 heteroatoms. The molecule has 2 amide bonds. The monoisotopic (exact) mass is 305 g/mol. The van der Waals surface area contributed by atoms with Gasteiger partial charge >= 0.3 is 6.03 Å². The number of aromatic nitrogens is 3. The summed E-state index contributed by atoms with van der Waals surface area (Å²) in [6.45, 7) is 6.45. The summed E-state index contributed by atoms with van der Waals surface area (Å²) in [5, 5.41) is 3.56. The zero-order valence-electron chi connectivity index (χ0n) is 12.6. The lowest BCUT2D eigenvalue weighted by molar-refractivity contribution is 0.220. The van der Waals surface area contributed by atoms with E-state index < -0.39 is 0 Å². The van der Waals surface area contributed by atoms with Crippen LogP contribution in [0.1, 0.15) is 36.8 Å². The first-order chi connectivity index (χ1) is 9.95. The molecule has 112 valence electrons. The Balaban J connectivity index is 1.93. The predicted octanol–water partition coefficient (Wildman–Crippen LogP) is 3.03. The van der Waals surface area contributed by atoms with Gasteiger partial charge in [0.15, 0.2) is 0 Å². The molecule has 2 aromatic rings. The number of anilines is 1. The van der Waals surface area contributed by atoms with Crippen molar-refractivity contribution < 1.29 is 4.79 Å². The van der Waals surface area contributed by atoms with E-state index in [4.69, 9.17) is 0 Å². The fourth-order valence-corrected chi connectivity index (χ4v) is 2.36. The lowest BCUT2D eigenvalue weighted by Gasteiger charge is -2.17. The number of aryl methyl sites for hydroxylation is 1. The van der Waals surface area contributed by atoms with Crippen LogP contribution in [0.3, 0.4) is 0 Å². The van der Waals surface area contributed by atoms with E-state index in [1.807, 2.05) is 26.8 Å². The maximum Gasteiger partial charge on any atom is 0.322 e. The third kappa shape index (κ3) is 4.22. The van der Waals surface area contributed by atoms with Crippen LogP contribution in [0.15, 0.2) is 18.5 Å². The normalized spacial score (nSPS) is 10.7. The van der Waals surface area contributed by atoms with Gasteiger partial charge in [0.1, 0.15) is 10.8 Å². The number of amides is 2. The van der Waals surface area contributed by atoms with Gasteiger partial charge < -0.3 is 4.90 Å². The average molecular weight is 305 g/mol. The van der Waals surface area contributed by atoms with Crippen molar-refractivity contribution >= 4 is 22.6 Å². The van der Waals surface area contributed by atoms with Gasteiger partial charge in [0.25, 0.3) is 0 Å². The van der Waals surface area contributed by atoms with Crippen molar-refractivity contribution in [2.45, 2.75) is 33.2 Å². The molecule has 1 N–H and O–H groups in total. The van der Waals surface area contributed by atoms with Crippen molar-refractivity contribution in [1.82, 2.24) is 19.2 Å². The fraction of sp³-hybridized carbons (Fsp3) is 0.429. The quantitative estimate of drug-likeness (QED) is 0.942. The average Bonchev–Trinajstić information content (AvgIpc) is 2.84. The van der Waals surface area contributed by atoms with Crippen LogP contribution in [-0.2, 0) is 6.54 Å². The molecular weight excluding hydrogens is 286 g/mol. The number of hydrogen-bond donors (Lipinski definition) is 1. The maximum absolute atomic E-state index is 12.1. The number of carbonyl (C=O) groups is 1. The van der Waals surface area contributed by atoms with Crippen molar-refractivity contribution in [3.05, 3.63) is 35.5 Å². The summed E-state index contributed by atoms with van der Waals surface area (Å²) in [4.78, 5) is 22.2. The molecule has 0 saturated heterocycles. The Kier molecular flexibility index (Phi) is 4.85. The van der Waals surface area contributed by atoms with Crippen LogP contribution in [0.4, 0.5) is 9.80 Å². The van der Waals surface area contributed by atoms with E-state index in [1.54, 1.807) is 24.3 Å². The van der Waals surface area contributed by atoms with Gasteiger partial charge in [-0.15, -0.1) is 0 Å². The van der Waals surface area contributed by atoms with Crippen molar-refractivity contribution in [3.63, 3.8) is 0 Å². The zero-order chi connectivity index (χ0) is 15.4. The van der Waals surface area contributed by atoms with Gasteiger partial charge in [-0.1, -0.05) is 13.8 Å². The lowest BCUT2D eigenvalue weighted by Crippen LogP contribution is -2.30. The molecule has 0 unspecified atom stereocenters. The first-order valence-electron chi connectivity index (χ1n) is 6.72. The second-order valence-corrected chi connectivity index (χ2v) is 6.03. The zero-order valence-corrected chi connectivity index (χ0v) is 13.4. The van der Waals surface area contributed by atoms with Gasteiger partial charge in [-0.25, -0.2) is 14.8 Å². The Morgan fingerprint density at radius 1 is 1.38 bits per heavy atom. The van der Waals surface area contributed by atoms with Gasteiger partial charge in [0.2, 0.25) is 0 Å². The molecule has 0 fully saturated rings. The smallest absolute Gasteiger partial charge is 0.322 e. The number of urea groups is 1. The highest BCUT2D eigenvalue weighted by atomic mass is 32.1. The number of nitrogens with zero attached hydrogens (tertiary/aromatic N) is 4. The molecule has 0 bridgehead atoms. The predicted molar refractivity (Wildman–Crippen MR) is 83.5 cm³/mol. The highest BCUT2D eigenvalue weighted by Gasteiger charge is 2.11. The minimum absolute atomic E-state index is 0.174. The first kappa shape index (κ1) is 15.4. The van der Waals surface area contributed by atoms with Crippen LogP contribution in [0.2, 0.25) is 0 Å². The summed E-state index contributed by atoms with van der Waals surface area (Å²) in [6, 6.07) is 1.67. The van der Waals surface area contributed by atoms with Crippen LogP contribution in [0.5, 0.6) is 0 Å². The highest BCUT2D eigenvalue weighted by molar-refractivity contribution is 7.10. The van der Waals surface area contributed by atoms with Crippen molar-refractivity contribution in [2.24, 2.45) is 0 Å². The van der Waals surface area contributed by atoms with Crippen LogP contribution >= 0.6 is 11.5 Å².